The number of unbranched alkanes of at least 4 members (excludes halogenated alkanes) is 24. The predicted molar refractivity (Wildman–Crippen MR) is 339 cm³/mol. The summed E-state index contributed by atoms with van der Waals surface area (Å²) in [5, 5.41) is 0. The van der Waals surface area contributed by atoms with E-state index in [0.29, 0.717) is 12.8 Å². The summed E-state index contributed by atoms with van der Waals surface area (Å²) in [7, 11) is 0. The number of rotatable bonds is 57. The van der Waals surface area contributed by atoms with Crippen LogP contribution in [0.5, 0.6) is 0 Å². The molecule has 0 aliphatic heterocycles. The van der Waals surface area contributed by atoms with Crippen LogP contribution in [0.4, 0.5) is 0 Å². The van der Waals surface area contributed by atoms with Gasteiger partial charge in [0, 0.05) is 19.3 Å². The molecule has 0 heterocycles. The Morgan fingerprint density at radius 3 is 0.795 bits per heavy atom. The first-order valence-electron chi connectivity index (χ1n) is 32.2. The van der Waals surface area contributed by atoms with Gasteiger partial charge in [0.1, 0.15) is 13.2 Å². The summed E-state index contributed by atoms with van der Waals surface area (Å²) in [4.78, 5) is 38.3. The van der Waals surface area contributed by atoms with Crippen molar-refractivity contribution in [1.29, 1.82) is 0 Å². The lowest BCUT2D eigenvalue weighted by Crippen LogP contribution is -2.30. The second-order valence-corrected chi connectivity index (χ2v) is 20.9. The average Bonchev–Trinajstić information content (AvgIpc) is 3.44. The molecule has 442 valence electrons. The summed E-state index contributed by atoms with van der Waals surface area (Å²) in [6, 6.07) is 0. The topological polar surface area (TPSA) is 78.9 Å². The number of carbonyl (C=O) groups is 3. The van der Waals surface area contributed by atoms with Crippen LogP contribution in [-0.2, 0) is 28.6 Å². The number of hydrogen-bond acceptors (Lipinski definition) is 6. The number of esters is 3. The third-order valence-corrected chi connectivity index (χ3v) is 13.4. The minimum absolute atomic E-state index is 0.0990. The van der Waals surface area contributed by atoms with Crippen LogP contribution in [-0.4, -0.2) is 37.2 Å². The van der Waals surface area contributed by atoms with Crippen molar-refractivity contribution in [3.05, 3.63) is 134 Å². The average molecular weight is 1080 g/mol. The molecule has 0 aliphatic rings. The molecule has 6 nitrogen and oxygen atoms in total. The molecule has 0 radical (unpaired) electrons. The van der Waals surface area contributed by atoms with Gasteiger partial charge in [-0.3, -0.25) is 14.4 Å². The molecule has 0 aliphatic carbocycles. The number of hydrogen-bond donors (Lipinski definition) is 0. The van der Waals surface area contributed by atoms with E-state index in [1.807, 2.05) is 0 Å². The molecule has 0 aromatic heterocycles. The van der Waals surface area contributed by atoms with Crippen molar-refractivity contribution in [1.82, 2.24) is 0 Å². The lowest BCUT2D eigenvalue weighted by molar-refractivity contribution is -0.167. The van der Waals surface area contributed by atoms with Gasteiger partial charge in [0.2, 0.25) is 0 Å². The van der Waals surface area contributed by atoms with Gasteiger partial charge in [-0.1, -0.05) is 270 Å². The molecular weight excluding hydrogens is 961 g/mol. The first kappa shape index (κ1) is 73.5. The van der Waals surface area contributed by atoms with Crippen LogP contribution in [0.15, 0.2) is 134 Å². The molecule has 0 fully saturated rings. The Kier molecular flexibility index (Phi) is 61.4. The first-order valence-corrected chi connectivity index (χ1v) is 32.2. The number of ether oxygens (including phenoxy) is 3. The van der Waals surface area contributed by atoms with Crippen molar-refractivity contribution in [2.24, 2.45) is 0 Å². The summed E-state index contributed by atoms with van der Waals surface area (Å²) in [5.41, 5.74) is 0. The SMILES string of the molecule is CC/C=C\C/C=C\C/C=C\C/C=C\C/C=C\CCCCCC(=O)OC(COC(=O)CCCCCCC/C=C\C/C=C\CCCC)COC(=O)CCCCCCCCCCCCCCCC/C=C\C/C=C\C/C=C\C/C=C\CC. The van der Waals surface area contributed by atoms with Crippen molar-refractivity contribution < 1.29 is 28.6 Å². The number of carbonyl (C=O) groups excluding carboxylic acids is 3. The fourth-order valence-electron chi connectivity index (χ4n) is 8.59. The van der Waals surface area contributed by atoms with Crippen LogP contribution in [0.25, 0.3) is 0 Å². The van der Waals surface area contributed by atoms with Gasteiger partial charge in [0.15, 0.2) is 6.10 Å². The summed E-state index contributed by atoms with van der Waals surface area (Å²) in [6.45, 7) is 6.34. The van der Waals surface area contributed by atoms with E-state index in [-0.39, 0.29) is 37.5 Å². The molecule has 0 amide bonds. The highest BCUT2D eigenvalue weighted by molar-refractivity contribution is 5.71. The zero-order valence-electron chi connectivity index (χ0n) is 50.6. The van der Waals surface area contributed by atoms with Crippen molar-refractivity contribution in [3.8, 4) is 0 Å². The van der Waals surface area contributed by atoms with Crippen LogP contribution >= 0.6 is 0 Å². The summed E-state index contributed by atoms with van der Waals surface area (Å²) < 4.78 is 16.9. The Bertz CT molecular complexity index is 1670. The lowest BCUT2D eigenvalue weighted by atomic mass is 10.0. The normalized spacial score (nSPS) is 13.0. The van der Waals surface area contributed by atoms with E-state index in [9.17, 15) is 14.4 Å². The lowest BCUT2D eigenvalue weighted by Gasteiger charge is -2.18. The molecule has 0 bridgehead atoms. The van der Waals surface area contributed by atoms with Crippen molar-refractivity contribution in [3.63, 3.8) is 0 Å². The molecule has 78 heavy (non-hydrogen) atoms. The van der Waals surface area contributed by atoms with Gasteiger partial charge in [0.05, 0.1) is 0 Å². The van der Waals surface area contributed by atoms with E-state index in [0.717, 1.165) is 148 Å². The second-order valence-electron chi connectivity index (χ2n) is 20.9. The first-order chi connectivity index (χ1) is 38.5. The fourth-order valence-corrected chi connectivity index (χ4v) is 8.59. The molecule has 1 unspecified atom stereocenters. The van der Waals surface area contributed by atoms with Gasteiger partial charge in [-0.15, -0.1) is 0 Å². The van der Waals surface area contributed by atoms with Crippen LogP contribution in [0.1, 0.15) is 284 Å². The molecule has 0 aromatic carbocycles. The van der Waals surface area contributed by atoms with Gasteiger partial charge in [-0.05, 0) is 128 Å². The molecule has 6 heteroatoms. The fraction of sp³-hybridized carbons (Fsp3) is 0.653. The maximum absolute atomic E-state index is 12.9. The smallest absolute Gasteiger partial charge is 0.306 e. The minimum atomic E-state index is -0.807. The van der Waals surface area contributed by atoms with E-state index < -0.39 is 6.10 Å². The Balaban J connectivity index is 4.37. The van der Waals surface area contributed by atoms with Crippen molar-refractivity contribution in [2.75, 3.05) is 13.2 Å². The summed E-state index contributed by atoms with van der Waals surface area (Å²) >= 11 is 0. The van der Waals surface area contributed by atoms with Crippen molar-refractivity contribution >= 4 is 17.9 Å². The summed E-state index contributed by atoms with van der Waals surface area (Å²) in [6.07, 6.45) is 91.7. The molecule has 0 aromatic rings. The molecule has 0 saturated carbocycles. The quantitative estimate of drug-likeness (QED) is 0.0261. The van der Waals surface area contributed by atoms with Crippen molar-refractivity contribution in [2.45, 2.75) is 290 Å². The highest BCUT2D eigenvalue weighted by atomic mass is 16.6. The molecular formula is C72H118O6. The van der Waals surface area contributed by atoms with Crippen LogP contribution < -0.4 is 0 Å². The Morgan fingerprint density at radius 1 is 0.269 bits per heavy atom. The third-order valence-electron chi connectivity index (χ3n) is 13.4. The summed E-state index contributed by atoms with van der Waals surface area (Å²) in [5.74, 6) is -0.944. The zero-order chi connectivity index (χ0) is 56.4. The van der Waals surface area contributed by atoms with E-state index in [2.05, 4.69) is 154 Å². The second kappa shape index (κ2) is 65.1. The Labute approximate surface area is 481 Å². The van der Waals surface area contributed by atoms with Gasteiger partial charge in [0.25, 0.3) is 0 Å². The van der Waals surface area contributed by atoms with Crippen LogP contribution in [0.2, 0.25) is 0 Å². The predicted octanol–water partition coefficient (Wildman–Crippen LogP) is 22.2. The molecule has 0 rings (SSSR count). The largest absolute Gasteiger partial charge is 0.462 e. The van der Waals surface area contributed by atoms with E-state index >= 15 is 0 Å². The third kappa shape index (κ3) is 62.4. The molecule has 0 N–H and O–H groups in total. The Hall–Kier alpha value is -4.45. The number of allylic oxidation sites excluding steroid dienone is 22. The highest BCUT2D eigenvalue weighted by Gasteiger charge is 2.19. The van der Waals surface area contributed by atoms with Gasteiger partial charge in [-0.2, -0.15) is 0 Å². The molecule has 1 atom stereocenters. The van der Waals surface area contributed by atoms with E-state index in [4.69, 9.17) is 14.2 Å². The molecule has 0 saturated heterocycles. The van der Waals surface area contributed by atoms with Crippen LogP contribution in [0, 0.1) is 0 Å². The Morgan fingerprint density at radius 2 is 0.500 bits per heavy atom. The van der Waals surface area contributed by atoms with Gasteiger partial charge in [-0.25, -0.2) is 0 Å². The standard InChI is InChI=1S/C72H118O6/c1-4-7-10-13-16-19-22-25-28-30-32-33-34-35-36-37-38-39-41-42-44-47-50-53-56-59-62-65-71(74)77-68-69(67-76-70(73)64-61-58-55-52-49-46-27-24-21-18-15-12-9-6-3)78-72(75)66-63-60-57-54-51-48-45-43-40-31-29-26-23-20-17-14-11-8-5-2/h7-8,10-11,15-20,24-29,32-33,40,43,48,51,69H,4-6,9,12-14,21-23,30-31,34-39,41-42,44-47,49-50,52-68H2,1-3H3/b10-7-,11-8-,18-15-,19-16-,20-17-,27-24-,28-25-,29-26-,33-32-,43-40-,51-48-. The van der Waals surface area contributed by atoms with E-state index in [1.165, 1.54) is 96.3 Å². The van der Waals surface area contributed by atoms with Gasteiger partial charge < -0.3 is 14.2 Å². The zero-order valence-corrected chi connectivity index (χ0v) is 50.6. The molecule has 0 spiro atoms. The van der Waals surface area contributed by atoms with Crippen LogP contribution in [0.3, 0.4) is 0 Å². The van der Waals surface area contributed by atoms with Gasteiger partial charge >= 0.3 is 17.9 Å². The maximum Gasteiger partial charge on any atom is 0.306 e. The maximum atomic E-state index is 12.9. The monoisotopic (exact) mass is 1080 g/mol. The minimum Gasteiger partial charge on any atom is -0.462 e. The van der Waals surface area contributed by atoms with E-state index in [1.54, 1.807) is 0 Å². The highest BCUT2D eigenvalue weighted by Crippen LogP contribution is 2.16.